The predicted octanol–water partition coefficient (Wildman–Crippen LogP) is -0.785. The number of azide groups is 1. The van der Waals surface area contributed by atoms with E-state index in [0.29, 0.717) is 11.2 Å². The van der Waals surface area contributed by atoms with E-state index in [1.54, 1.807) is 0 Å². The van der Waals surface area contributed by atoms with Gasteiger partial charge in [-0.1, -0.05) is 0 Å². The minimum atomic E-state index is 0. The van der Waals surface area contributed by atoms with Crippen LogP contribution in [0.2, 0.25) is 0 Å². The zero-order chi connectivity index (χ0) is 4.12. The summed E-state index contributed by atoms with van der Waals surface area (Å²) in [7, 11) is 4.80. The second-order valence-corrected chi connectivity index (χ2v) is 0.955. The molecule has 0 atom stereocenters. The fourth-order valence-electron chi connectivity index (χ4n) is 0.0138. The first-order chi connectivity index (χ1) is 2.41. The third kappa shape index (κ3) is 8.87. The summed E-state index contributed by atoms with van der Waals surface area (Å²) in [6.07, 6.45) is 0. The van der Waals surface area contributed by atoms with Crippen LogP contribution in [0.4, 0.5) is 0 Å². The summed E-state index contributed by atoms with van der Waals surface area (Å²) in [6, 6.07) is 0. The molecule has 0 saturated heterocycles. The molecule has 0 radical (unpaired) electrons. The minimum absolute atomic E-state index is 0. The fraction of sp³-hybridized carbons (Fsp3) is 0. The van der Waals surface area contributed by atoms with Gasteiger partial charge in [-0.2, -0.15) is 0 Å². The molecule has 0 rings (SSSR count). The maximum absolute atomic E-state index is 7.42. The Morgan fingerprint density at radius 3 is 2.50 bits per heavy atom. The van der Waals surface area contributed by atoms with E-state index in [4.69, 9.17) is 16.2 Å². The minimum Gasteiger partial charge on any atom is -1.00 e. The molecule has 0 aromatic carbocycles. The first-order valence-corrected chi connectivity index (χ1v) is 2.34. The Hall–Kier alpha value is 0.950. The molecule has 0 bridgehead atoms. The van der Waals surface area contributed by atoms with Crippen LogP contribution in [-0.4, -0.2) is 0 Å². The Morgan fingerprint density at radius 1 is 2.00 bits per heavy atom. The topological polar surface area (TPSA) is 48.8 Å². The monoisotopic (exact) mass is 133 g/mol. The summed E-state index contributed by atoms with van der Waals surface area (Å²) in [5.41, 5.74) is 7.42. The van der Waals surface area contributed by atoms with Gasteiger partial charge in [0.05, 0.1) is 0 Å². The molecule has 0 aromatic heterocycles. The van der Waals surface area contributed by atoms with Gasteiger partial charge < -0.3 is 1.43 Å². The van der Waals surface area contributed by atoms with Gasteiger partial charge in [0.1, 0.15) is 0 Å². The van der Waals surface area contributed by atoms with Crippen LogP contribution < -0.4 is 29.6 Å². The zero-order valence-corrected chi connectivity index (χ0v) is 6.70. The smallest absolute Gasteiger partial charge is 1.00 e. The van der Waals surface area contributed by atoms with Crippen LogP contribution >= 0.6 is 21.8 Å². The molecule has 0 aromatic rings. The molecule has 0 aliphatic heterocycles. The molecule has 0 fully saturated rings. The molecule has 6 heavy (non-hydrogen) atoms. The molecule has 0 unspecified atom stereocenters. The molecule has 0 amide bonds. The van der Waals surface area contributed by atoms with Crippen LogP contribution in [0, 0.1) is 0 Å². The molecule has 6 heteroatoms. The Balaban J connectivity index is -0.0000000800. The number of halogens is 1. The quantitative estimate of drug-likeness (QED) is 0.152. The molecule has 0 aliphatic rings. The van der Waals surface area contributed by atoms with Crippen LogP contribution in [0.5, 0.6) is 0 Å². The van der Waals surface area contributed by atoms with Crippen molar-refractivity contribution in [3.63, 3.8) is 0 Å². The first kappa shape index (κ1) is 10.0. The number of rotatable bonds is 1. The largest absolute Gasteiger partial charge is 1.00 e. The standard InChI is InChI=1S/ClN3S.Na.H/c1-5-4-3-2;;/q;+1;-1. The summed E-state index contributed by atoms with van der Waals surface area (Å²) in [5, 5.41) is 0. The summed E-state index contributed by atoms with van der Waals surface area (Å²) in [6.45, 7) is 0. The predicted molar refractivity (Wildman–Crippen MR) is 23.7 cm³/mol. The Morgan fingerprint density at radius 2 is 2.50 bits per heavy atom. The molecule has 0 heterocycles. The third-order valence-electron chi connectivity index (χ3n) is 0.0674. The second-order valence-electron chi connectivity index (χ2n) is 0.240. The van der Waals surface area contributed by atoms with Crippen molar-refractivity contribution in [2.24, 2.45) is 4.52 Å². The van der Waals surface area contributed by atoms with E-state index in [9.17, 15) is 0 Å². The molecule has 0 saturated carbocycles. The Kier molecular flexibility index (Phi) is 15.6. The van der Waals surface area contributed by atoms with E-state index in [1.165, 1.54) is 0 Å². The SMILES string of the molecule is [H-].[N-]=[N+]=NSCl.[Na+]. The Bertz CT molecular complexity index is 62.0. The van der Waals surface area contributed by atoms with Crippen LogP contribution in [0.25, 0.3) is 10.4 Å². The van der Waals surface area contributed by atoms with E-state index in [1.807, 2.05) is 0 Å². The van der Waals surface area contributed by atoms with Gasteiger partial charge in [0.15, 0.2) is 0 Å². The van der Waals surface area contributed by atoms with Crippen LogP contribution in [0.3, 0.4) is 0 Å². The van der Waals surface area contributed by atoms with Gasteiger partial charge in [0.2, 0.25) is 0 Å². The van der Waals surface area contributed by atoms with Gasteiger partial charge in [0.25, 0.3) is 0 Å². The summed E-state index contributed by atoms with van der Waals surface area (Å²) >= 11 is 0.582. The summed E-state index contributed by atoms with van der Waals surface area (Å²) < 4.78 is 2.83. The van der Waals surface area contributed by atoms with Gasteiger partial charge in [0, 0.05) is 16.1 Å². The van der Waals surface area contributed by atoms with Crippen molar-refractivity contribution in [3.8, 4) is 0 Å². The number of nitrogens with zero attached hydrogens (tertiary/aromatic N) is 3. The van der Waals surface area contributed by atoms with Crippen LogP contribution in [0.15, 0.2) is 4.52 Å². The Labute approximate surface area is 67.5 Å². The normalized spacial score (nSPS) is 4.83. The van der Waals surface area contributed by atoms with E-state index >= 15 is 0 Å². The molecular weight excluding hydrogens is 133 g/mol. The number of hydrogen-bond donors (Lipinski definition) is 0. The molecule has 0 spiro atoms. The number of hydrogen-bond acceptors (Lipinski definition) is 2. The molecule has 0 aliphatic carbocycles. The average molecular weight is 134 g/mol. The second kappa shape index (κ2) is 9.34. The molecule has 3 nitrogen and oxygen atoms in total. The van der Waals surface area contributed by atoms with Gasteiger partial charge in [-0.05, 0) is 20.7 Å². The van der Waals surface area contributed by atoms with Gasteiger partial charge >= 0.3 is 29.6 Å². The van der Waals surface area contributed by atoms with E-state index in [2.05, 4.69) is 9.43 Å². The van der Waals surface area contributed by atoms with Crippen molar-refractivity contribution in [2.75, 3.05) is 0 Å². The van der Waals surface area contributed by atoms with Crippen molar-refractivity contribution in [1.29, 1.82) is 0 Å². The fourth-order valence-corrected chi connectivity index (χ4v) is 0.124. The maximum Gasteiger partial charge on any atom is 1.00 e. The summed E-state index contributed by atoms with van der Waals surface area (Å²) in [5.74, 6) is 0. The van der Waals surface area contributed by atoms with Crippen molar-refractivity contribution < 1.29 is 31.0 Å². The van der Waals surface area contributed by atoms with Crippen LogP contribution in [-0.2, 0) is 0 Å². The zero-order valence-electron chi connectivity index (χ0n) is 4.13. The molecular formula is HClN3NaS. The summed E-state index contributed by atoms with van der Waals surface area (Å²) in [4.78, 5) is 2.31. The van der Waals surface area contributed by atoms with Crippen LogP contribution in [0.1, 0.15) is 1.43 Å². The van der Waals surface area contributed by atoms with Gasteiger partial charge in [-0.3, -0.25) is 0 Å². The van der Waals surface area contributed by atoms with Crippen molar-refractivity contribution >= 4 is 21.8 Å². The van der Waals surface area contributed by atoms with Gasteiger partial charge in [-0.25, -0.2) is 0 Å². The third-order valence-corrected chi connectivity index (χ3v) is 0.387. The van der Waals surface area contributed by atoms with Crippen molar-refractivity contribution in [3.05, 3.63) is 10.4 Å². The first-order valence-electron chi connectivity index (χ1n) is 0.737. The van der Waals surface area contributed by atoms with E-state index in [0.717, 1.165) is 0 Å². The van der Waals surface area contributed by atoms with Gasteiger partial charge in [-0.15, -0.1) is 0 Å². The molecule has 0 N–H and O–H groups in total. The van der Waals surface area contributed by atoms with Crippen molar-refractivity contribution in [1.82, 2.24) is 0 Å². The van der Waals surface area contributed by atoms with E-state index in [-0.39, 0.29) is 31.0 Å². The maximum atomic E-state index is 7.42. The molecule has 30 valence electrons. The average Bonchev–Trinajstić information content (AvgIpc) is 1.41. The van der Waals surface area contributed by atoms with Crippen molar-refractivity contribution in [2.45, 2.75) is 0 Å². The van der Waals surface area contributed by atoms with E-state index < -0.39 is 0 Å².